The van der Waals surface area contributed by atoms with E-state index in [0.29, 0.717) is 16.3 Å². The number of carbonyl (C=O) groups is 1. The second-order valence-corrected chi connectivity index (χ2v) is 8.60. The van der Waals surface area contributed by atoms with E-state index in [9.17, 15) is 4.79 Å². The lowest BCUT2D eigenvalue weighted by Crippen LogP contribution is -2.57. The Morgan fingerprint density at radius 1 is 1.32 bits per heavy atom. The lowest BCUT2D eigenvalue weighted by Gasteiger charge is -2.44. The Kier molecular flexibility index (Phi) is 3.94. The minimum atomic E-state index is 0.0395. The van der Waals surface area contributed by atoms with E-state index in [2.05, 4.69) is 15.2 Å². The van der Waals surface area contributed by atoms with Crippen LogP contribution in [0.3, 0.4) is 0 Å². The number of amides is 1. The molecule has 3 saturated heterocycles. The SMILES string of the molecule is O=C(NC1CN2CCC1CC2)c1ccc(-c2ncc(Cl)s2)s1. The summed E-state index contributed by atoms with van der Waals surface area (Å²) in [6.07, 6.45) is 4.06. The molecule has 4 nitrogen and oxygen atoms in total. The minimum Gasteiger partial charge on any atom is -0.347 e. The van der Waals surface area contributed by atoms with Crippen LogP contribution in [0.5, 0.6) is 0 Å². The average Bonchev–Trinajstić information content (AvgIpc) is 3.17. The van der Waals surface area contributed by atoms with E-state index in [4.69, 9.17) is 11.6 Å². The van der Waals surface area contributed by atoms with Gasteiger partial charge >= 0.3 is 0 Å². The molecule has 1 amide bonds. The van der Waals surface area contributed by atoms with E-state index in [0.717, 1.165) is 21.3 Å². The third kappa shape index (κ3) is 2.80. The van der Waals surface area contributed by atoms with Gasteiger partial charge in [-0.05, 0) is 44.0 Å². The van der Waals surface area contributed by atoms with Crippen LogP contribution < -0.4 is 5.32 Å². The number of piperidine rings is 3. The van der Waals surface area contributed by atoms with Crippen molar-refractivity contribution < 1.29 is 4.79 Å². The molecule has 116 valence electrons. The Bertz CT molecular complexity index is 691. The van der Waals surface area contributed by atoms with Gasteiger partial charge in [-0.25, -0.2) is 4.98 Å². The molecule has 7 heteroatoms. The zero-order valence-electron chi connectivity index (χ0n) is 11.9. The highest BCUT2D eigenvalue weighted by Gasteiger charge is 2.35. The Morgan fingerprint density at radius 3 is 2.77 bits per heavy atom. The van der Waals surface area contributed by atoms with Crippen LogP contribution in [0.25, 0.3) is 9.88 Å². The van der Waals surface area contributed by atoms with Crippen molar-refractivity contribution in [1.82, 2.24) is 15.2 Å². The second kappa shape index (κ2) is 5.92. The summed E-state index contributed by atoms with van der Waals surface area (Å²) in [4.78, 5) is 20.9. The molecule has 0 radical (unpaired) electrons. The molecule has 0 aliphatic carbocycles. The average molecular weight is 354 g/mol. The third-order valence-electron chi connectivity index (χ3n) is 4.49. The second-order valence-electron chi connectivity index (χ2n) is 5.85. The lowest BCUT2D eigenvalue weighted by atomic mass is 9.84. The summed E-state index contributed by atoms with van der Waals surface area (Å²) >= 11 is 8.84. The van der Waals surface area contributed by atoms with Crippen LogP contribution in [0.4, 0.5) is 0 Å². The molecule has 3 fully saturated rings. The van der Waals surface area contributed by atoms with Crippen LogP contribution in [-0.2, 0) is 0 Å². The van der Waals surface area contributed by atoms with Crippen molar-refractivity contribution in [3.63, 3.8) is 0 Å². The quantitative estimate of drug-likeness (QED) is 0.920. The Balaban J connectivity index is 1.46. The van der Waals surface area contributed by atoms with Crippen LogP contribution in [0.2, 0.25) is 4.34 Å². The molecule has 1 N–H and O–H groups in total. The summed E-state index contributed by atoms with van der Waals surface area (Å²) in [6.45, 7) is 3.37. The van der Waals surface area contributed by atoms with E-state index in [1.807, 2.05) is 12.1 Å². The fourth-order valence-electron chi connectivity index (χ4n) is 3.31. The van der Waals surface area contributed by atoms with E-state index in [1.165, 1.54) is 48.6 Å². The van der Waals surface area contributed by atoms with Crippen LogP contribution >= 0.6 is 34.3 Å². The molecule has 3 aliphatic heterocycles. The van der Waals surface area contributed by atoms with Gasteiger partial charge in [0.2, 0.25) is 0 Å². The molecule has 5 rings (SSSR count). The van der Waals surface area contributed by atoms with Gasteiger partial charge in [0.05, 0.1) is 16.0 Å². The Labute approximate surface area is 142 Å². The van der Waals surface area contributed by atoms with Crippen molar-refractivity contribution >= 4 is 40.2 Å². The first-order chi connectivity index (χ1) is 10.7. The van der Waals surface area contributed by atoms with Crippen LogP contribution in [-0.4, -0.2) is 41.5 Å². The smallest absolute Gasteiger partial charge is 0.261 e. The minimum absolute atomic E-state index is 0.0395. The van der Waals surface area contributed by atoms with E-state index in [1.54, 1.807) is 6.20 Å². The summed E-state index contributed by atoms with van der Waals surface area (Å²) in [5.74, 6) is 0.684. The summed E-state index contributed by atoms with van der Waals surface area (Å²) in [6, 6.07) is 4.13. The summed E-state index contributed by atoms with van der Waals surface area (Å²) in [5, 5.41) is 4.10. The highest BCUT2D eigenvalue weighted by molar-refractivity contribution is 7.24. The van der Waals surface area contributed by atoms with Gasteiger partial charge in [-0.3, -0.25) is 4.79 Å². The van der Waals surface area contributed by atoms with Gasteiger partial charge in [-0.1, -0.05) is 11.6 Å². The molecule has 2 aromatic heterocycles. The number of rotatable bonds is 3. The maximum Gasteiger partial charge on any atom is 0.261 e. The number of thiophene rings is 1. The van der Waals surface area contributed by atoms with E-state index < -0.39 is 0 Å². The van der Waals surface area contributed by atoms with Crippen LogP contribution in [0.1, 0.15) is 22.5 Å². The normalized spacial score (nSPS) is 27.0. The third-order valence-corrected chi connectivity index (χ3v) is 6.86. The standard InChI is InChI=1S/C15H16ClN3OS2/c16-13-7-17-15(22-13)12-2-1-11(21-12)14(20)18-10-8-19-5-3-9(10)4-6-19/h1-2,7,9-10H,3-6,8H2,(H,18,20). The number of hydrogen-bond donors (Lipinski definition) is 1. The van der Waals surface area contributed by atoms with Crippen molar-refractivity contribution in [2.24, 2.45) is 5.92 Å². The van der Waals surface area contributed by atoms with E-state index in [-0.39, 0.29) is 5.91 Å². The van der Waals surface area contributed by atoms with Gasteiger partial charge in [0.15, 0.2) is 0 Å². The first-order valence-electron chi connectivity index (χ1n) is 7.44. The maximum absolute atomic E-state index is 12.5. The van der Waals surface area contributed by atoms with Crippen molar-refractivity contribution in [2.75, 3.05) is 19.6 Å². The number of fused-ring (bicyclic) bond motifs is 3. The molecule has 22 heavy (non-hydrogen) atoms. The van der Waals surface area contributed by atoms with Crippen molar-refractivity contribution in [1.29, 1.82) is 0 Å². The van der Waals surface area contributed by atoms with Gasteiger partial charge in [0, 0.05) is 12.6 Å². The Hall–Kier alpha value is -0.950. The van der Waals surface area contributed by atoms with Crippen molar-refractivity contribution in [3.05, 3.63) is 27.5 Å². The fraction of sp³-hybridized carbons (Fsp3) is 0.467. The molecular weight excluding hydrogens is 338 g/mol. The maximum atomic E-state index is 12.5. The highest BCUT2D eigenvalue weighted by atomic mass is 35.5. The summed E-state index contributed by atoms with van der Waals surface area (Å²) in [7, 11) is 0. The van der Waals surface area contributed by atoms with Crippen LogP contribution in [0.15, 0.2) is 18.3 Å². The molecule has 2 aromatic rings. The van der Waals surface area contributed by atoms with Crippen molar-refractivity contribution in [2.45, 2.75) is 18.9 Å². The largest absolute Gasteiger partial charge is 0.347 e. The molecule has 3 aliphatic rings. The predicted octanol–water partition coefficient (Wildman–Crippen LogP) is 3.35. The number of nitrogens with zero attached hydrogens (tertiary/aromatic N) is 2. The topological polar surface area (TPSA) is 45.2 Å². The molecule has 2 bridgehead atoms. The van der Waals surface area contributed by atoms with E-state index >= 15 is 0 Å². The van der Waals surface area contributed by atoms with Gasteiger partial charge in [0.1, 0.15) is 9.34 Å². The molecule has 1 atom stereocenters. The molecule has 0 saturated carbocycles. The number of aromatic nitrogens is 1. The molecule has 0 aromatic carbocycles. The van der Waals surface area contributed by atoms with Gasteiger partial charge in [-0.2, -0.15) is 0 Å². The lowest BCUT2D eigenvalue weighted by molar-refractivity contribution is 0.0622. The van der Waals surface area contributed by atoms with Gasteiger partial charge in [0.25, 0.3) is 5.91 Å². The highest BCUT2D eigenvalue weighted by Crippen LogP contribution is 2.33. The Morgan fingerprint density at radius 2 is 2.14 bits per heavy atom. The fourth-order valence-corrected chi connectivity index (χ4v) is 5.19. The van der Waals surface area contributed by atoms with Gasteiger partial charge < -0.3 is 10.2 Å². The van der Waals surface area contributed by atoms with Crippen molar-refractivity contribution in [3.8, 4) is 9.88 Å². The number of thiazole rings is 1. The van der Waals surface area contributed by atoms with Gasteiger partial charge in [-0.15, -0.1) is 22.7 Å². The monoisotopic (exact) mass is 353 g/mol. The molecular formula is C15H16ClN3OS2. The molecule has 5 heterocycles. The molecule has 1 unspecified atom stereocenters. The summed E-state index contributed by atoms with van der Waals surface area (Å²) < 4.78 is 0.668. The number of nitrogens with one attached hydrogen (secondary N) is 1. The summed E-state index contributed by atoms with van der Waals surface area (Å²) in [5.41, 5.74) is 0. The number of hydrogen-bond acceptors (Lipinski definition) is 5. The zero-order valence-corrected chi connectivity index (χ0v) is 14.3. The molecule has 0 spiro atoms. The number of carbonyl (C=O) groups excluding carboxylic acids is 1. The zero-order chi connectivity index (χ0) is 15.1. The van der Waals surface area contributed by atoms with Crippen LogP contribution in [0, 0.1) is 5.92 Å². The predicted molar refractivity (Wildman–Crippen MR) is 90.9 cm³/mol. The first kappa shape index (κ1) is 14.6. The first-order valence-corrected chi connectivity index (χ1v) is 9.45. The number of halogens is 1.